The summed E-state index contributed by atoms with van der Waals surface area (Å²) in [7, 11) is -7.66. The largest absolute Gasteiger partial charge is 0.325 e. The Balaban J connectivity index is 1.48. The van der Waals surface area contributed by atoms with Gasteiger partial charge in [0.05, 0.1) is 16.3 Å². The summed E-state index contributed by atoms with van der Waals surface area (Å²) in [5, 5.41) is 2.71. The molecule has 2 saturated carbocycles. The van der Waals surface area contributed by atoms with E-state index >= 15 is 0 Å². The molecule has 10 heteroatoms. The van der Waals surface area contributed by atoms with Crippen molar-refractivity contribution in [2.24, 2.45) is 0 Å². The van der Waals surface area contributed by atoms with E-state index in [1.165, 1.54) is 28.6 Å². The van der Waals surface area contributed by atoms with E-state index in [2.05, 4.69) is 10.0 Å². The molecule has 4 rings (SSSR count). The molecule has 0 radical (unpaired) electrons. The second-order valence-corrected chi connectivity index (χ2v) is 11.9. The van der Waals surface area contributed by atoms with Crippen LogP contribution in [0.15, 0.2) is 64.4 Å². The summed E-state index contributed by atoms with van der Waals surface area (Å²) in [4.78, 5) is 12.5. The number of nitrogens with one attached hydrogen (secondary N) is 2. The van der Waals surface area contributed by atoms with Gasteiger partial charge in [0.15, 0.2) is 0 Å². The Morgan fingerprint density at radius 2 is 1.44 bits per heavy atom. The first kappa shape index (κ1) is 22.9. The molecule has 172 valence electrons. The van der Waals surface area contributed by atoms with Crippen LogP contribution in [-0.4, -0.2) is 45.7 Å². The molecule has 2 fully saturated rings. The third-order valence-electron chi connectivity index (χ3n) is 5.73. The zero-order valence-corrected chi connectivity index (χ0v) is 19.2. The maximum atomic E-state index is 13.2. The van der Waals surface area contributed by atoms with E-state index < -0.39 is 26.0 Å². The Morgan fingerprint density at radius 1 is 0.844 bits per heavy atom. The summed E-state index contributed by atoms with van der Waals surface area (Å²) in [6, 6.07) is 13.7. The SMILES string of the molecule is O=C(CN(C1CC1)S(=O)(=O)c1ccc(S(=O)(=O)NC2CCCC2)cc1)Nc1ccccc1. The number of carbonyl (C=O) groups is 1. The fourth-order valence-corrected chi connectivity index (χ4v) is 6.84. The molecule has 32 heavy (non-hydrogen) atoms. The van der Waals surface area contributed by atoms with E-state index in [1.54, 1.807) is 24.3 Å². The third-order valence-corrected chi connectivity index (χ3v) is 9.18. The molecule has 2 N–H and O–H groups in total. The van der Waals surface area contributed by atoms with E-state index in [4.69, 9.17) is 0 Å². The summed E-state index contributed by atoms with van der Waals surface area (Å²) < 4.78 is 55.5. The van der Waals surface area contributed by atoms with Gasteiger partial charge < -0.3 is 5.32 Å². The number of amides is 1. The van der Waals surface area contributed by atoms with Gasteiger partial charge in [-0.3, -0.25) is 4.79 Å². The van der Waals surface area contributed by atoms with Crippen LogP contribution in [0, 0.1) is 0 Å². The number of benzene rings is 2. The Morgan fingerprint density at radius 3 is 2.03 bits per heavy atom. The molecule has 0 spiro atoms. The number of sulfonamides is 2. The summed E-state index contributed by atoms with van der Waals surface area (Å²) in [5.74, 6) is -0.424. The number of hydrogen-bond acceptors (Lipinski definition) is 5. The van der Waals surface area contributed by atoms with Crippen LogP contribution in [0.4, 0.5) is 5.69 Å². The summed E-state index contributed by atoms with van der Waals surface area (Å²) in [5.41, 5.74) is 0.593. The Labute approximate surface area is 189 Å². The Bertz CT molecular complexity index is 1160. The van der Waals surface area contributed by atoms with E-state index in [-0.39, 0.29) is 28.4 Å². The molecule has 2 aromatic rings. The second-order valence-electron chi connectivity index (χ2n) is 8.27. The van der Waals surface area contributed by atoms with Crippen LogP contribution in [-0.2, 0) is 24.8 Å². The van der Waals surface area contributed by atoms with Crippen LogP contribution >= 0.6 is 0 Å². The minimum Gasteiger partial charge on any atom is -0.325 e. The maximum absolute atomic E-state index is 13.2. The number of hydrogen-bond donors (Lipinski definition) is 2. The molecule has 8 nitrogen and oxygen atoms in total. The van der Waals surface area contributed by atoms with E-state index in [1.807, 2.05) is 6.07 Å². The van der Waals surface area contributed by atoms with E-state index in [0.717, 1.165) is 25.7 Å². The first-order chi connectivity index (χ1) is 15.3. The fraction of sp³-hybridized carbons (Fsp3) is 0.409. The summed E-state index contributed by atoms with van der Waals surface area (Å²) in [6.45, 7) is -0.300. The normalized spacial score (nSPS) is 17.5. The molecule has 2 aliphatic carbocycles. The highest BCUT2D eigenvalue weighted by Gasteiger charge is 2.39. The Hall–Kier alpha value is -2.27. The highest BCUT2D eigenvalue weighted by molar-refractivity contribution is 7.89. The quantitative estimate of drug-likeness (QED) is 0.577. The molecule has 2 aliphatic rings. The van der Waals surface area contributed by atoms with Crippen molar-refractivity contribution >= 4 is 31.6 Å². The number of rotatable bonds is 9. The Kier molecular flexibility index (Phi) is 6.66. The minimum absolute atomic E-state index is 0.0307. The van der Waals surface area contributed by atoms with Crippen LogP contribution in [0.2, 0.25) is 0 Å². The molecule has 2 aromatic carbocycles. The standard InChI is InChI=1S/C22H27N3O5S2/c26-22(23-17-6-2-1-3-7-17)16-25(19-10-11-19)32(29,30)21-14-12-20(13-15-21)31(27,28)24-18-8-4-5-9-18/h1-3,6-7,12-15,18-19,24H,4-5,8-11,16H2,(H,23,26). The monoisotopic (exact) mass is 477 g/mol. The van der Waals surface area contributed by atoms with Gasteiger partial charge in [0.1, 0.15) is 0 Å². The number of nitrogens with zero attached hydrogens (tertiary/aromatic N) is 1. The molecule has 0 aliphatic heterocycles. The van der Waals surface area contributed by atoms with Gasteiger partial charge in [-0.1, -0.05) is 31.0 Å². The molecule has 0 aromatic heterocycles. The first-order valence-electron chi connectivity index (χ1n) is 10.7. The highest BCUT2D eigenvalue weighted by atomic mass is 32.2. The molecule has 0 atom stereocenters. The van der Waals surface area contributed by atoms with Crippen molar-refractivity contribution in [3.05, 3.63) is 54.6 Å². The zero-order valence-electron chi connectivity index (χ0n) is 17.6. The van der Waals surface area contributed by atoms with Crippen molar-refractivity contribution < 1.29 is 21.6 Å². The van der Waals surface area contributed by atoms with Crippen LogP contribution < -0.4 is 10.0 Å². The smallest absolute Gasteiger partial charge is 0.243 e. The molecule has 0 bridgehead atoms. The van der Waals surface area contributed by atoms with Crippen molar-refractivity contribution in [3.63, 3.8) is 0 Å². The number of carbonyl (C=O) groups excluding carboxylic acids is 1. The van der Waals surface area contributed by atoms with E-state index in [0.29, 0.717) is 18.5 Å². The third kappa shape index (κ3) is 5.37. The lowest BCUT2D eigenvalue weighted by Crippen LogP contribution is -2.39. The maximum Gasteiger partial charge on any atom is 0.243 e. The predicted octanol–water partition coefficient (Wildman–Crippen LogP) is 2.70. The number of anilines is 1. The van der Waals surface area contributed by atoms with Gasteiger partial charge in [0.25, 0.3) is 0 Å². The van der Waals surface area contributed by atoms with Gasteiger partial charge in [-0.2, -0.15) is 4.31 Å². The zero-order chi connectivity index (χ0) is 22.8. The lowest BCUT2D eigenvalue weighted by molar-refractivity contribution is -0.116. The van der Waals surface area contributed by atoms with Gasteiger partial charge in [-0.25, -0.2) is 21.6 Å². The van der Waals surface area contributed by atoms with Crippen molar-refractivity contribution in [1.29, 1.82) is 0 Å². The summed E-state index contributed by atoms with van der Waals surface area (Å²) in [6.07, 6.45) is 5.00. The van der Waals surface area contributed by atoms with Crippen molar-refractivity contribution in [3.8, 4) is 0 Å². The molecule has 0 unspecified atom stereocenters. The molecule has 1 amide bonds. The van der Waals surface area contributed by atoms with Gasteiger partial charge in [-0.05, 0) is 62.1 Å². The molecular weight excluding hydrogens is 450 g/mol. The minimum atomic E-state index is -3.95. The average Bonchev–Trinajstić information content (AvgIpc) is 3.48. The topological polar surface area (TPSA) is 113 Å². The molecule has 0 saturated heterocycles. The van der Waals surface area contributed by atoms with Crippen molar-refractivity contribution in [2.45, 2.75) is 60.4 Å². The number of para-hydroxylation sites is 1. The average molecular weight is 478 g/mol. The van der Waals surface area contributed by atoms with Crippen molar-refractivity contribution in [1.82, 2.24) is 9.03 Å². The van der Waals surface area contributed by atoms with Gasteiger partial charge >= 0.3 is 0 Å². The predicted molar refractivity (Wildman–Crippen MR) is 121 cm³/mol. The highest BCUT2D eigenvalue weighted by Crippen LogP contribution is 2.32. The van der Waals surface area contributed by atoms with Crippen LogP contribution in [0.5, 0.6) is 0 Å². The lowest BCUT2D eigenvalue weighted by Gasteiger charge is -2.21. The van der Waals surface area contributed by atoms with Gasteiger partial charge in [0.2, 0.25) is 26.0 Å². The fourth-order valence-electron chi connectivity index (χ4n) is 3.89. The first-order valence-corrected chi connectivity index (χ1v) is 13.7. The van der Waals surface area contributed by atoms with Gasteiger partial charge in [0, 0.05) is 17.8 Å². The van der Waals surface area contributed by atoms with Crippen LogP contribution in [0.1, 0.15) is 38.5 Å². The van der Waals surface area contributed by atoms with Gasteiger partial charge in [-0.15, -0.1) is 0 Å². The lowest BCUT2D eigenvalue weighted by atomic mass is 10.3. The second kappa shape index (κ2) is 9.30. The molecule has 0 heterocycles. The summed E-state index contributed by atoms with van der Waals surface area (Å²) >= 11 is 0. The molecular formula is C22H27N3O5S2. The van der Waals surface area contributed by atoms with Crippen LogP contribution in [0.25, 0.3) is 0 Å². The van der Waals surface area contributed by atoms with E-state index in [9.17, 15) is 21.6 Å². The van der Waals surface area contributed by atoms with Crippen molar-refractivity contribution in [2.75, 3.05) is 11.9 Å². The van der Waals surface area contributed by atoms with Crippen LogP contribution in [0.3, 0.4) is 0 Å².